The van der Waals surface area contributed by atoms with E-state index in [0.29, 0.717) is 10.3 Å². The van der Waals surface area contributed by atoms with Gasteiger partial charge in [0.2, 0.25) is 0 Å². The van der Waals surface area contributed by atoms with Crippen LogP contribution in [0.4, 0.5) is 5.69 Å². The molecule has 142 valence electrons. The van der Waals surface area contributed by atoms with Crippen molar-refractivity contribution in [1.82, 2.24) is 4.98 Å². The van der Waals surface area contributed by atoms with Gasteiger partial charge in [0.05, 0.1) is 31.8 Å². The summed E-state index contributed by atoms with van der Waals surface area (Å²) >= 11 is 5.84. The van der Waals surface area contributed by atoms with E-state index in [1.54, 1.807) is 17.4 Å². The minimum atomic E-state index is -4.39. The molecule has 1 aliphatic heterocycles. The van der Waals surface area contributed by atoms with E-state index in [9.17, 15) is 13.0 Å². The average molecular weight is 429 g/mol. The van der Waals surface area contributed by atoms with E-state index in [0.717, 1.165) is 27.2 Å². The topological polar surface area (TPSA) is 79.6 Å². The number of hydrogen-bond donors (Lipinski definition) is 2. The first-order chi connectivity index (χ1) is 13.3. The van der Waals surface area contributed by atoms with Gasteiger partial charge in [0, 0.05) is 4.90 Å². The Labute approximate surface area is 171 Å². The third-order valence-corrected chi connectivity index (χ3v) is 6.60. The molecule has 4 rings (SSSR count). The van der Waals surface area contributed by atoms with Crippen molar-refractivity contribution in [2.45, 2.75) is 23.1 Å². The fourth-order valence-corrected chi connectivity index (χ4v) is 4.69. The molecule has 28 heavy (non-hydrogen) atoms. The SMILES string of the molecule is CCc1ccc2sc3cc(=Nc4cc(S)ccc4S(=O)(=O)O)ccc-3nc2c1. The molecule has 0 saturated heterocycles. The highest BCUT2D eigenvalue weighted by molar-refractivity contribution is 7.86. The van der Waals surface area contributed by atoms with E-state index in [-0.39, 0.29) is 10.6 Å². The third kappa shape index (κ3) is 3.81. The Kier molecular flexibility index (Phi) is 4.96. The van der Waals surface area contributed by atoms with Gasteiger partial charge in [-0.25, -0.2) is 9.98 Å². The number of aromatic nitrogens is 1. The van der Waals surface area contributed by atoms with E-state index >= 15 is 0 Å². The maximum absolute atomic E-state index is 11.6. The van der Waals surface area contributed by atoms with Crippen molar-refractivity contribution < 1.29 is 13.0 Å². The summed E-state index contributed by atoms with van der Waals surface area (Å²) in [6.45, 7) is 2.11. The second kappa shape index (κ2) is 7.29. The van der Waals surface area contributed by atoms with Crippen molar-refractivity contribution in [2.75, 3.05) is 0 Å². The van der Waals surface area contributed by atoms with Gasteiger partial charge in [0.1, 0.15) is 4.90 Å². The molecule has 0 amide bonds. The van der Waals surface area contributed by atoms with Crippen LogP contribution < -0.4 is 5.36 Å². The highest BCUT2D eigenvalue weighted by Gasteiger charge is 2.15. The molecule has 0 aromatic heterocycles. The van der Waals surface area contributed by atoms with Gasteiger partial charge in [0.25, 0.3) is 10.1 Å². The molecule has 0 unspecified atom stereocenters. The Bertz CT molecular complexity index is 1340. The number of aryl methyl sites for hydroxylation is 1. The van der Waals surface area contributed by atoms with Crippen molar-refractivity contribution in [3.05, 3.63) is 65.5 Å². The van der Waals surface area contributed by atoms with Crippen LogP contribution in [0, 0.1) is 0 Å². The van der Waals surface area contributed by atoms with Crippen molar-refractivity contribution in [3.63, 3.8) is 0 Å². The third-order valence-electron chi connectivity index (χ3n) is 4.31. The van der Waals surface area contributed by atoms with Crippen molar-refractivity contribution >= 4 is 50.0 Å². The van der Waals surface area contributed by atoms with Crippen LogP contribution >= 0.6 is 24.0 Å². The maximum Gasteiger partial charge on any atom is 0.296 e. The Balaban J connectivity index is 1.90. The molecule has 0 saturated carbocycles. The summed E-state index contributed by atoms with van der Waals surface area (Å²) in [6.07, 6.45) is 0.957. The molecular weight excluding hydrogens is 412 g/mol. The van der Waals surface area contributed by atoms with Crippen LogP contribution in [0.2, 0.25) is 0 Å². The summed E-state index contributed by atoms with van der Waals surface area (Å²) in [5.74, 6) is 0. The van der Waals surface area contributed by atoms with E-state index in [2.05, 4.69) is 42.7 Å². The van der Waals surface area contributed by atoms with E-state index in [1.807, 2.05) is 12.1 Å². The Morgan fingerprint density at radius 1 is 1.11 bits per heavy atom. The molecule has 0 spiro atoms. The normalized spacial score (nSPS) is 12.8. The molecule has 8 heteroatoms. The lowest BCUT2D eigenvalue weighted by Gasteiger charge is -2.07. The monoisotopic (exact) mass is 428 g/mol. The first-order valence-corrected chi connectivity index (χ1v) is 11.2. The molecule has 0 atom stereocenters. The highest BCUT2D eigenvalue weighted by atomic mass is 32.2. The number of rotatable bonds is 3. The number of hydrogen-bond acceptors (Lipinski definition) is 6. The summed E-state index contributed by atoms with van der Waals surface area (Å²) in [6, 6.07) is 16.0. The molecule has 5 nitrogen and oxygen atoms in total. The van der Waals surface area contributed by atoms with Crippen LogP contribution in [0.1, 0.15) is 12.5 Å². The lowest BCUT2D eigenvalue weighted by atomic mass is 10.1. The van der Waals surface area contributed by atoms with E-state index in [1.165, 1.54) is 23.8 Å². The van der Waals surface area contributed by atoms with Gasteiger partial charge in [-0.15, -0.1) is 24.0 Å². The van der Waals surface area contributed by atoms with Gasteiger partial charge in [-0.1, -0.05) is 13.0 Å². The van der Waals surface area contributed by atoms with Gasteiger partial charge in [-0.2, -0.15) is 8.42 Å². The fraction of sp³-hybridized carbons (Fsp3) is 0.100. The zero-order chi connectivity index (χ0) is 19.9. The molecule has 2 aromatic rings. The second-order valence-electron chi connectivity index (χ2n) is 6.26. The smallest absolute Gasteiger partial charge is 0.282 e. The average Bonchev–Trinajstić information content (AvgIpc) is 2.65. The fourth-order valence-electron chi connectivity index (χ4n) is 2.90. The van der Waals surface area contributed by atoms with Crippen LogP contribution in [0.25, 0.3) is 20.8 Å². The van der Waals surface area contributed by atoms with E-state index < -0.39 is 10.1 Å². The molecule has 0 radical (unpaired) electrons. The van der Waals surface area contributed by atoms with Gasteiger partial charge in [-0.05, 0) is 60.5 Å². The van der Waals surface area contributed by atoms with Crippen molar-refractivity contribution in [3.8, 4) is 10.6 Å². The number of fused-ring (bicyclic) bond motifs is 2. The summed E-state index contributed by atoms with van der Waals surface area (Å²) < 4.78 is 33.8. The van der Waals surface area contributed by atoms with Gasteiger partial charge in [0.15, 0.2) is 0 Å². The van der Waals surface area contributed by atoms with Crippen molar-refractivity contribution in [2.24, 2.45) is 4.99 Å². The molecule has 2 aliphatic rings. The molecular formula is C20H16N2O3S3. The Morgan fingerprint density at radius 2 is 1.93 bits per heavy atom. The van der Waals surface area contributed by atoms with Gasteiger partial charge in [-0.3, -0.25) is 4.55 Å². The standard InChI is InChI=1S/C20H16N2O3S3/c1-2-12-3-7-18-16(9-12)22-15-6-4-13(10-19(15)27-18)21-17-11-14(26)5-8-20(17)28(23,24)25/h3-11,26H,2H2,1H3,(H,23,24,25). The lowest BCUT2D eigenvalue weighted by molar-refractivity contribution is 0.483. The van der Waals surface area contributed by atoms with Crippen LogP contribution in [0.15, 0.2) is 69.4 Å². The quantitative estimate of drug-likeness (QED) is 0.281. The molecule has 1 heterocycles. The predicted octanol–water partition coefficient (Wildman–Crippen LogP) is 4.73. The zero-order valence-electron chi connectivity index (χ0n) is 14.8. The zero-order valence-corrected chi connectivity index (χ0v) is 17.4. The highest BCUT2D eigenvalue weighted by Crippen LogP contribution is 2.31. The largest absolute Gasteiger partial charge is 0.296 e. The Morgan fingerprint density at radius 3 is 2.68 bits per heavy atom. The molecule has 2 aromatic carbocycles. The van der Waals surface area contributed by atoms with Crippen LogP contribution in [0.3, 0.4) is 0 Å². The lowest BCUT2D eigenvalue weighted by Crippen LogP contribution is -2.04. The minimum absolute atomic E-state index is 0.140. The minimum Gasteiger partial charge on any atom is -0.282 e. The summed E-state index contributed by atoms with van der Waals surface area (Å²) in [5, 5.41) is 0.568. The number of thiol groups is 1. The Hall–Kier alpha value is -2.26. The van der Waals surface area contributed by atoms with Crippen LogP contribution in [-0.4, -0.2) is 18.0 Å². The van der Waals surface area contributed by atoms with Crippen LogP contribution in [-0.2, 0) is 16.5 Å². The predicted molar refractivity (Wildman–Crippen MR) is 114 cm³/mol. The molecule has 1 N–H and O–H groups in total. The molecule has 0 fully saturated rings. The summed E-state index contributed by atoms with van der Waals surface area (Å²) in [5.41, 5.74) is 3.18. The molecule has 0 bridgehead atoms. The van der Waals surface area contributed by atoms with Gasteiger partial charge < -0.3 is 0 Å². The van der Waals surface area contributed by atoms with Gasteiger partial charge >= 0.3 is 0 Å². The van der Waals surface area contributed by atoms with Crippen LogP contribution in [0.5, 0.6) is 0 Å². The van der Waals surface area contributed by atoms with Crippen molar-refractivity contribution in [1.29, 1.82) is 0 Å². The number of nitrogens with zero attached hydrogens (tertiary/aromatic N) is 2. The summed E-state index contributed by atoms with van der Waals surface area (Å²) in [7, 11) is -4.39. The number of benzene rings is 3. The maximum atomic E-state index is 11.6. The summed E-state index contributed by atoms with van der Waals surface area (Å²) in [4.78, 5) is 10.4. The van der Waals surface area contributed by atoms with E-state index in [4.69, 9.17) is 4.98 Å². The molecule has 1 aliphatic carbocycles. The first kappa shape index (κ1) is 19.1. The first-order valence-electron chi connectivity index (χ1n) is 8.52. The second-order valence-corrected chi connectivity index (χ2v) is 9.25.